The number of ether oxygens (including phenoxy) is 1. The molecular weight excluding hydrogens is 274 g/mol. The van der Waals surface area contributed by atoms with E-state index < -0.39 is 0 Å². The Morgan fingerprint density at radius 3 is 2.90 bits per heavy atom. The molecule has 1 aromatic heterocycles. The van der Waals surface area contributed by atoms with Gasteiger partial charge in [-0.2, -0.15) is 0 Å². The van der Waals surface area contributed by atoms with Gasteiger partial charge in [0.1, 0.15) is 11.5 Å². The van der Waals surface area contributed by atoms with Crippen molar-refractivity contribution in [3.8, 4) is 11.5 Å². The third-order valence-electron chi connectivity index (χ3n) is 3.08. The van der Waals surface area contributed by atoms with Gasteiger partial charge in [-0.3, -0.25) is 4.79 Å². The van der Waals surface area contributed by atoms with E-state index in [0.29, 0.717) is 12.3 Å². The highest BCUT2D eigenvalue weighted by molar-refractivity contribution is 7.10. The molecule has 2 N–H and O–H groups in total. The molecule has 0 aliphatic rings. The number of amides is 1. The summed E-state index contributed by atoms with van der Waals surface area (Å²) in [7, 11) is 1.52. The summed E-state index contributed by atoms with van der Waals surface area (Å²) in [4.78, 5) is 13.2. The fraction of sp³-hybridized carbons (Fsp3) is 0.267. The minimum atomic E-state index is -0.308. The molecule has 2 aromatic rings. The molecule has 0 spiro atoms. The van der Waals surface area contributed by atoms with Crippen LogP contribution in [-0.2, 0) is 13.0 Å². The molecule has 106 valence electrons. The molecule has 4 nitrogen and oxygen atoms in total. The second-order valence-electron chi connectivity index (χ2n) is 4.29. The minimum Gasteiger partial charge on any atom is -0.507 e. The first-order valence-electron chi connectivity index (χ1n) is 6.36. The Labute approximate surface area is 122 Å². The highest BCUT2D eigenvalue weighted by Crippen LogP contribution is 2.23. The third kappa shape index (κ3) is 3.11. The molecule has 1 amide bonds. The Hall–Kier alpha value is -2.01. The fourth-order valence-electron chi connectivity index (χ4n) is 1.92. The van der Waals surface area contributed by atoms with E-state index in [1.165, 1.54) is 24.8 Å². The number of nitrogens with one attached hydrogen (secondary N) is 1. The first-order chi connectivity index (χ1) is 9.65. The molecule has 0 saturated carbocycles. The summed E-state index contributed by atoms with van der Waals surface area (Å²) in [6, 6.07) is 6.66. The van der Waals surface area contributed by atoms with Gasteiger partial charge in [-0.1, -0.05) is 6.92 Å². The van der Waals surface area contributed by atoms with Crippen molar-refractivity contribution in [3.05, 3.63) is 45.6 Å². The van der Waals surface area contributed by atoms with Crippen LogP contribution in [0.2, 0.25) is 0 Å². The van der Waals surface area contributed by atoms with Crippen LogP contribution in [0.25, 0.3) is 0 Å². The summed E-state index contributed by atoms with van der Waals surface area (Å²) >= 11 is 1.62. The molecule has 2 rings (SSSR count). The molecule has 5 heteroatoms. The first kappa shape index (κ1) is 14.4. The summed E-state index contributed by atoms with van der Waals surface area (Å²) in [5.74, 6) is 0.181. The first-order valence-corrected chi connectivity index (χ1v) is 7.24. The monoisotopic (exact) mass is 291 g/mol. The molecule has 1 heterocycles. The maximum Gasteiger partial charge on any atom is 0.255 e. The van der Waals surface area contributed by atoms with E-state index in [1.54, 1.807) is 17.4 Å². The van der Waals surface area contributed by atoms with Crippen LogP contribution in [0.1, 0.15) is 27.7 Å². The summed E-state index contributed by atoms with van der Waals surface area (Å²) in [5.41, 5.74) is 1.46. The van der Waals surface area contributed by atoms with Crippen LogP contribution in [0.5, 0.6) is 11.5 Å². The van der Waals surface area contributed by atoms with Crippen molar-refractivity contribution >= 4 is 17.2 Å². The van der Waals surface area contributed by atoms with Crippen LogP contribution in [0, 0.1) is 0 Å². The van der Waals surface area contributed by atoms with Crippen molar-refractivity contribution in [1.29, 1.82) is 0 Å². The highest BCUT2D eigenvalue weighted by atomic mass is 32.1. The van der Waals surface area contributed by atoms with Crippen molar-refractivity contribution in [2.24, 2.45) is 0 Å². The lowest BCUT2D eigenvalue weighted by atomic mass is 10.1. The van der Waals surface area contributed by atoms with Crippen LogP contribution in [0.3, 0.4) is 0 Å². The summed E-state index contributed by atoms with van der Waals surface area (Å²) in [5, 5.41) is 14.6. The van der Waals surface area contributed by atoms with Gasteiger partial charge in [0.15, 0.2) is 0 Å². The van der Waals surface area contributed by atoms with Gasteiger partial charge in [-0.05, 0) is 41.6 Å². The van der Waals surface area contributed by atoms with Crippen molar-refractivity contribution in [2.45, 2.75) is 19.9 Å². The molecule has 0 aliphatic carbocycles. The zero-order chi connectivity index (χ0) is 14.5. The maximum absolute atomic E-state index is 12.1. The minimum absolute atomic E-state index is 0.0507. The van der Waals surface area contributed by atoms with Crippen LogP contribution in [0.15, 0.2) is 29.6 Å². The van der Waals surface area contributed by atoms with Crippen LogP contribution >= 0.6 is 11.3 Å². The number of rotatable bonds is 5. The van der Waals surface area contributed by atoms with Gasteiger partial charge in [0.25, 0.3) is 5.91 Å². The van der Waals surface area contributed by atoms with E-state index in [-0.39, 0.29) is 17.2 Å². The standard InChI is InChI=1S/C15H17NO3S/c1-3-10-6-7-20-14(10)9-16-15(18)12-8-11(19-2)4-5-13(12)17/h4-8,17H,3,9H2,1-2H3,(H,16,18). The van der Waals surface area contributed by atoms with Gasteiger partial charge in [0.05, 0.1) is 19.2 Å². The van der Waals surface area contributed by atoms with E-state index in [0.717, 1.165) is 11.3 Å². The molecular formula is C15H17NO3S. The molecule has 0 fully saturated rings. The number of aromatic hydroxyl groups is 1. The number of thiophene rings is 1. The number of aryl methyl sites for hydroxylation is 1. The average Bonchev–Trinajstić information content (AvgIpc) is 2.92. The summed E-state index contributed by atoms with van der Waals surface area (Å²) < 4.78 is 5.06. The van der Waals surface area contributed by atoms with Crippen LogP contribution in [-0.4, -0.2) is 18.1 Å². The highest BCUT2D eigenvalue weighted by Gasteiger charge is 2.13. The molecule has 0 unspecified atom stereocenters. The second kappa shape index (κ2) is 6.43. The van der Waals surface area contributed by atoms with E-state index in [9.17, 15) is 9.90 Å². The van der Waals surface area contributed by atoms with Gasteiger partial charge in [0, 0.05) is 4.88 Å². The normalized spacial score (nSPS) is 10.3. The summed E-state index contributed by atoms with van der Waals surface area (Å²) in [6.45, 7) is 2.55. The van der Waals surface area contributed by atoms with Gasteiger partial charge in [-0.25, -0.2) is 0 Å². The number of hydrogen-bond donors (Lipinski definition) is 2. The second-order valence-corrected chi connectivity index (χ2v) is 5.29. The van der Waals surface area contributed by atoms with E-state index in [2.05, 4.69) is 18.3 Å². The quantitative estimate of drug-likeness (QED) is 0.890. The Bertz CT molecular complexity index is 607. The Kier molecular flexibility index (Phi) is 4.63. The molecule has 1 aromatic carbocycles. The van der Waals surface area contributed by atoms with Gasteiger partial charge >= 0.3 is 0 Å². The Balaban J connectivity index is 2.09. The van der Waals surface area contributed by atoms with E-state index in [4.69, 9.17) is 4.74 Å². The average molecular weight is 291 g/mol. The lowest BCUT2D eigenvalue weighted by molar-refractivity contribution is 0.0948. The molecule has 0 aliphatic heterocycles. The third-order valence-corrected chi connectivity index (χ3v) is 4.04. The fourth-order valence-corrected chi connectivity index (χ4v) is 2.83. The lowest BCUT2D eigenvalue weighted by Crippen LogP contribution is -2.22. The smallest absolute Gasteiger partial charge is 0.255 e. The van der Waals surface area contributed by atoms with Gasteiger partial charge in [0.2, 0.25) is 0 Å². The van der Waals surface area contributed by atoms with Crippen molar-refractivity contribution in [1.82, 2.24) is 5.32 Å². The number of phenols is 1. The summed E-state index contributed by atoms with van der Waals surface area (Å²) in [6.07, 6.45) is 0.944. The predicted octanol–water partition coefficient (Wildman–Crippen LogP) is 2.95. The Morgan fingerprint density at radius 1 is 1.40 bits per heavy atom. The molecule has 0 radical (unpaired) electrons. The topological polar surface area (TPSA) is 58.6 Å². The number of methoxy groups -OCH3 is 1. The number of benzene rings is 1. The number of hydrogen-bond acceptors (Lipinski definition) is 4. The zero-order valence-corrected chi connectivity index (χ0v) is 12.3. The van der Waals surface area contributed by atoms with Crippen molar-refractivity contribution in [2.75, 3.05) is 7.11 Å². The molecule has 0 atom stereocenters. The molecule has 20 heavy (non-hydrogen) atoms. The number of carbonyl (C=O) groups is 1. The Morgan fingerprint density at radius 2 is 2.20 bits per heavy atom. The largest absolute Gasteiger partial charge is 0.507 e. The predicted molar refractivity (Wildman–Crippen MR) is 79.5 cm³/mol. The van der Waals surface area contributed by atoms with Gasteiger partial charge in [-0.15, -0.1) is 11.3 Å². The molecule has 0 saturated heterocycles. The molecule has 0 bridgehead atoms. The number of carbonyl (C=O) groups excluding carboxylic acids is 1. The number of phenolic OH excluding ortho intramolecular Hbond substituents is 1. The van der Waals surface area contributed by atoms with Crippen molar-refractivity contribution < 1.29 is 14.6 Å². The lowest BCUT2D eigenvalue weighted by Gasteiger charge is -2.08. The van der Waals surface area contributed by atoms with E-state index >= 15 is 0 Å². The van der Waals surface area contributed by atoms with Crippen molar-refractivity contribution in [3.63, 3.8) is 0 Å². The van der Waals surface area contributed by atoms with Crippen LogP contribution in [0.4, 0.5) is 0 Å². The zero-order valence-electron chi connectivity index (χ0n) is 11.5. The van der Waals surface area contributed by atoms with Gasteiger partial charge < -0.3 is 15.2 Å². The maximum atomic E-state index is 12.1. The van der Waals surface area contributed by atoms with E-state index in [1.807, 2.05) is 5.38 Å². The van der Waals surface area contributed by atoms with Crippen LogP contribution < -0.4 is 10.1 Å². The SMILES string of the molecule is CCc1ccsc1CNC(=O)c1cc(OC)ccc1O.